The molecular formula is C15H32N2. The van der Waals surface area contributed by atoms with Gasteiger partial charge in [-0.15, -0.1) is 0 Å². The van der Waals surface area contributed by atoms with E-state index in [1.54, 1.807) is 0 Å². The molecule has 0 aromatic heterocycles. The zero-order chi connectivity index (χ0) is 12.7. The SMILES string of the molecule is CC(C)(C)C1CCC(CNCCCCN)CC1. The maximum absolute atomic E-state index is 5.48. The minimum Gasteiger partial charge on any atom is -0.330 e. The summed E-state index contributed by atoms with van der Waals surface area (Å²) in [7, 11) is 0. The van der Waals surface area contributed by atoms with Gasteiger partial charge in [-0.1, -0.05) is 20.8 Å². The first kappa shape index (κ1) is 15.0. The first-order chi connectivity index (χ1) is 8.04. The van der Waals surface area contributed by atoms with Gasteiger partial charge < -0.3 is 11.1 Å². The quantitative estimate of drug-likeness (QED) is 0.700. The van der Waals surface area contributed by atoms with Gasteiger partial charge >= 0.3 is 0 Å². The van der Waals surface area contributed by atoms with Crippen molar-refractivity contribution in [3.63, 3.8) is 0 Å². The normalized spacial score (nSPS) is 26.1. The van der Waals surface area contributed by atoms with Crippen molar-refractivity contribution in [2.24, 2.45) is 23.0 Å². The summed E-state index contributed by atoms with van der Waals surface area (Å²) in [6.07, 6.45) is 8.09. The average Bonchev–Trinajstić information content (AvgIpc) is 2.28. The molecule has 1 aliphatic rings. The van der Waals surface area contributed by atoms with Gasteiger partial charge in [-0.25, -0.2) is 0 Å². The molecule has 0 spiro atoms. The largest absolute Gasteiger partial charge is 0.330 e. The first-order valence-electron chi connectivity index (χ1n) is 7.45. The van der Waals surface area contributed by atoms with Gasteiger partial charge in [0.1, 0.15) is 0 Å². The van der Waals surface area contributed by atoms with Crippen molar-refractivity contribution in [3.8, 4) is 0 Å². The van der Waals surface area contributed by atoms with E-state index in [4.69, 9.17) is 5.73 Å². The summed E-state index contributed by atoms with van der Waals surface area (Å²) in [6, 6.07) is 0. The molecule has 1 rings (SSSR count). The van der Waals surface area contributed by atoms with E-state index in [9.17, 15) is 0 Å². The zero-order valence-electron chi connectivity index (χ0n) is 12.1. The minimum absolute atomic E-state index is 0.513. The summed E-state index contributed by atoms with van der Waals surface area (Å²) in [5.74, 6) is 1.86. The van der Waals surface area contributed by atoms with Crippen molar-refractivity contribution in [1.82, 2.24) is 5.32 Å². The van der Waals surface area contributed by atoms with E-state index in [2.05, 4.69) is 26.1 Å². The summed E-state index contributed by atoms with van der Waals surface area (Å²) in [4.78, 5) is 0. The maximum atomic E-state index is 5.48. The lowest BCUT2D eigenvalue weighted by molar-refractivity contribution is 0.149. The maximum Gasteiger partial charge on any atom is -0.00205 e. The minimum atomic E-state index is 0.513. The average molecular weight is 240 g/mol. The summed E-state index contributed by atoms with van der Waals surface area (Å²) >= 11 is 0. The summed E-state index contributed by atoms with van der Waals surface area (Å²) < 4.78 is 0. The molecular weight excluding hydrogens is 208 g/mol. The lowest BCUT2D eigenvalue weighted by Gasteiger charge is -2.37. The number of hydrogen-bond donors (Lipinski definition) is 2. The summed E-state index contributed by atoms with van der Waals surface area (Å²) in [5.41, 5.74) is 6.00. The van der Waals surface area contributed by atoms with Gasteiger partial charge in [-0.3, -0.25) is 0 Å². The van der Waals surface area contributed by atoms with Crippen LogP contribution in [0.5, 0.6) is 0 Å². The number of nitrogens with two attached hydrogens (primary N) is 1. The van der Waals surface area contributed by atoms with Crippen LogP contribution >= 0.6 is 0 Å². The van der Waals surface area contributed by atoms with E-state index in [1.807, 2.05) is 0 Å². The topological polar surface area (TPSA) is 38.0 Å². The van der Waals surface area contributed by atoms with E-state index in [1.165, 1.54) is 38.6 Å². The van der Waals surface area contributed by atoms with E-state index in [-0.39, 0.29) is 0 Å². The highest BCUT2D eigenvalue weighted by molar-refractivity contribution is 4.81. The third-order valence-electron chi connectivity index (χ3n) is 4.31. The number of unbranched alkanes of at least 4 members (excludes halogenated alkanes) is 1. The van der Waals surface area contributed by atoms with E-state index >= 15 is 0 Å². The van der Waals surface area contributed by atoms with Crippen LogP contribution in [0.1, 0.15) is 59.3 Å². The highest BCUT2D eigenvalue weighted by Crippen LogP contribution is 2.39. The van der Waals surface area contributed by atoms with E-state index < -0.39 is 0 Å². The fraction of sp³-hybridized carbons (Fsp3) is 1.00. The Morgan fingerprint density at radius 2 is 1.71 bits per heavy atom. The predicted octanol–water partition coefficient (Wildman–Crippen LogP) is 3.17. The summed E-state index contributed by atoms with van der Waals surface area (Å²) in [6.45, 7) is 10.4. The standard InChI is InChI=1S/C15H32N2/c1-15(2,3)14-8-6-13(7-9-14)12-17-11-5-4-10-16/h13-14,17H,4-12,16H2,1-3H3. The van der Waals surface area contributed by atoms with Gasteiger partial charge in [0.25, 0.3) is 0 Å². The van der Waals surface area contributed by atoms with Crippen molar-refractivity contribution in [3.05, 3.63) is 0 Å². The Morgan fingerprint density at radius 3 is 2.24 bits per heavy atom. The molecule has 0 heterocycles. The molecule has 1 fully saturated rings. The van der Waals surface area contributed by atoms with Crippen molar-refractivity contribution >= 4 is 0 Å². The number of nitrogens with one attached hydrogen (secondary N) is 1. The Kier molecular flexibility index (Phi) is 6.50. The first-order valence-corrected chi connectivity index (χ1v) is 7.45. The fourth-order valence-corrected chi connectivity index (χ4v) is 2.93. The van der Waals surface area contributed by atoms with Crippen molar-refractivity contribution in [1.29, 1.82) is 0 Å². The molecule has 2 nitrogen and oxygen atoms in total. The molecule has 0 amide bonds. The van der Waals surface area contributed by atoms with Crippen LogP contribution in [0.4, 0.5) is 0 Å². The monoisotopic (exact) mass is 240 g/mol. The Morgan fingerprint density at radius 1 is 1.06 bits per heavy atom. The van der Waals surface area contributed by atoms with Gasteiger partial charge in [0.05, 0.1) is 0 Å². The van der Waals surface area contributed by atoms with Gasteiger partial charge in [-0.05, 0) is 75.4 Å². The predicted molar refractivity (Wildman–Crippen MR) is 76.1 cm³/mol. The molecule has 1 saturated carbocycles. The molecule has 0 unspecified atom stereocenters. The molecule has 0 aliphatic heterocycles. The van der Waals surface area contributed by atoms with Gasteiger partial charge in [0, 0.05) is 0 Å². The second-order valence-electron chi connectivity index (χ2n) is 6.78. The third-order valence-corrected chi connectivity index (χ3v) is 4.31. The second kappa shape index (κ2) is 7.38. The van der Waals surface area contributed by atoms with Crippen LogP contribution in [0, 0.1) is 17.3 Å². The second-order valence-corrected chi connectivity index (χ2v) is 6.78. The molecule has 0 radical (unpaired) electrons. The molecule has 0 saturated heterocycles. The van der Waals surface area contributed by atoms with Gasteiger partial charge in [0.2, 0.25) is 0 Å². The van der Waals surface area contributed by atoms with Crippen molar-refractivity contribution in [2.45, 2.75) is 59.3 Å². The van der Waals surface area contributed by atoms with Crippen LogP contribution in [-0.2, 0) is 0 Å². The van der Waals surface area contributed by atoms with Gasteiger partial charge in [-0.2, -0.15) is 0 Å². The molecule has 17 heavy (non-hydrogen) atoms. The van der Waals surface area contributed by atoms with Crippen molar-refractivity contribution < 1.29 is 0 Å². The zero-order valence-corrected chi connectivity index (χ0v) is 12.1. The molecule has 0 bridgehead atoms. The van der Waals surface area contributed by atoms with Crippen LogP contribution in [0.2, 0.25) is 0 Å². The van der Waals surface area contributed by atoms with Crippen LogP contribution in [0.25, 0.3) is 0 Å². The molecule has 3 N–H and O–H groups in total. The molecule has 102 valence electrons. The van der Waals surface area contributed by atoms with Crippen molar-refractivity contribution in [2.75, 3.05) is 19.6 Å². The van der Waals surface area contributed by atoms with E-state index in [0.717, 1.165) is 31.3 Å². The highest BCUT2D eigenvalue weighted by Gasteiger charge is 2.29. The third kappa shape index (κ3) is 5.87. The lowest BCUT2D eigenvalue weighted by atomic mass is 9.70. The molecule has 0 aromatic rings. The van der Waals surface area contributed by atoms with Crippen LogP contribution in [-0.4, -0.2) is 19.6 Å². The Bertz CT molecular complexity index is 188. The number of rotatable bonds is 6. The lowest BCUT2D eigenvalue weighted by Crippen LogP contribution is -2.31. The Labute approximate surface area is 108 Å². The van der Waals surface area contributed by atoms with Crippen LogP contribution < -0.4 is 11.1 Å². The Balaban J connectivity index is 2.07. The Hall–Kier alpha value is -0.0800. The summed E-state index contributed by atoms with van der Waals surface area (Å²) in [5, 5.41) is 3.59. The molecule has 2 heteroatoms. The smallest absolute Gasteiger partial charge is 0.00205 e. The molecule has 1 aliphatic carbocycles. The van der Waals surface area contributed by atoms with Crippen LogP contribution in [0.15, 0.2) is 0 Å². The fourth-order valence-electron chi connectivity index (χ4n) is 2.93. The van der Waals surface area contributed by atoms with Gasteiger partial charge in [0.15, 0.2) is 0 Å². The van der Waals surface area contributed by atoms with E-state index in [0.29, 0.717) is 5.41 Å². The van der Waals surface area contributed by atoms with Crippen LogP contribution in [0.3, 0.4) is 0 Å². The molecule has 0 aromatic carbocycles. The highest BCUT2D eigenvalue weighted by atomic mass is 14.9. The molecule has 0 atom stereocenters. The number of hydrogen-bond acceptors (Lipinski definition) is 2.